The first-order valence-corrected chi connectivity index (χ1v) is 8.70. The number of rotatable bonds is 5. The first-order valence-electron chi connectivity index (χ1n) is 7.31. The molecule has 1 saturated heterocycles. The van der Waals surface area contributed by atoms with Crippen molar-refractivity contribution in [3.63, 3.8) is 0 Å². The Morgan fingerprint density at radius 2 is 2.00 bits per heavy atom. The van der Waals surface area contributed by atoms with Crippen LogP contribution in [-0.4, -0.2) is 65.1 Å². The van der Waals surface area contributed by atoms with E-state index in [1.807, 2.05) is 11.0 Å². The van der Waals surface area contributed by atoms with Crippen molar-refractivity contribution >= 4 is 23.7 Å². The summed E-state index contributed by atoms with van der Waals surface area (Å²) in [6, 6.07) is 2.11. The monoisotopic (exact) mass is 309 g/mol. The standard InChI is InChI=1S/C14H23N5OS/c1-3-12(11-21-2)17-14(20)19-9-7-18(8-10-19)13-15-5-4-6-16-13/h4-6,12H,3,7-11H2,1-2H3,(H,17,20). The van der Waals surface area contributed by atoms with Crippen molar-refractivity contribution in [3.05, 3.63) is 18.5 Å². The van der Waals surface area contributed by atoms with E-state index in [-0.39, 0.29) is 12.1 Å². The van der Waals surface area contributed by atoms with Crippen LogP contribution < -0.4 is 10.2 Å². The summed E-state index contributed by atoms with van der Waals surface area (Å²) in [7, 11) is 0. The van der Waals surface area contributed by atoms with E-state index in [0.29, 0.717) is 13.1 Å². The van der Waals surface area contributed by atoms with Gasteiger partial charge in [0.05, 0.1) is 0 Å². The summed E-state index contributed by atoms with van der Waals surface area (Å²) in [4.78, 5) is 24.7. The van der Waals surface area contributed by atoms with Crippen LogP contribution in [0.4, 0.5) is 10.7 Å². The molecule has 0 aromatic carbocycles. The zero-order valence-electron chi connectivity index (χ0n) is 12.7. The summed E-state index contributed by atoms with van der Waals surface area (Å²) in [5, 5.41) is 3.11. The summed E-state index contributed by atoms with van der Waals surface area (Å²) < 4.78 is 0. The predicted octanol–water partition coefficient (Wildman–Crippen LogP) is 1.45. The number of aromatic nitrogens is 2. The summed E-state index contributed by atoms with van der Waals surface area (Å²) in [5.74, 6) is 1.70. The van der Waals surface area contributed by atoms with Gasteiger partial charge in [-0.3, -0.25) is 0 Å². The van der Waals surface area contributed by atoms with E-state index in [0.717, 1.165) is 31.2 Å². The molecule has 0 bridgehead atoms. The van der Waals surface area contributed by atoms with E-state index in [2.05, 4.69) is 33.4 Å². The zero-order chi connectivity index (χ0) is 15.1. The highest BCUT2D eigenvalue weighted by atomic mass is 32.2. The van der Waals surface area contributed by atoms with E-state index in [1.165, 1.54) is 0 Å². The number of thioether (sulfide) groups is 1. The minimum atomic E-state index is 0.0459. The number of hydrogen-bond acceptors (Lipinski definition) is 5. The fourth-order valence-corrected chi connectivity index (χ4v) is 3.01. The maximum atomic E-state index is 12.2. The maximum absolute atomic E-state index is 12.2. The first kappa shape index (κ1) is 15.9. The van der Waals surface area contributed by atoms with Crippen molar-refractivity contribution in [1.82, 2.24) is 20.2 Å². The van der Waals surface area contributed by atoms with E-state index >= 15 is 0 Å². The number of amides is 2. The molecular formula is C14H23N5OS. The Bertz CT molecular complexity index is 436. The second-order valence-corrected chi connectivity index (χ2v) is 5.94. The van der Waals surface area contributed by atoms with Gasteiger partial charge in [-0.1, -0.05) is 6.92 Å². The van der Waals surface area contributed by atoms with Crippen LogP contribution in [0.3, 0.4) is 0 Å². The molecule has 2 rings (SSSR count). The van der Waals surface area contributed by atoms with Gasteiger partial charge in [-0.2, -0.15) is 11.8 Å². The lowest BCUT2D eigenvalue weighted by molar-refractivity contribution is 0.190. The molecule has 1 atom stereocenters. The molecule has 0 radical (unpaired) electrons. The van der Waals surface area contributed by atoms with Crippen molar-refractivity contribution in [2.75, 3.05) is 43.1 Å². The third kappa shape index (κ3) is 4.49. The zero-order valence-corrected chi connectivity index (χ0v) is 13.5. The fraction of sp³-hybridized carbons (Fsp3) is 0.643. The molecule has 1 aliphatic heterocycles. The number of hydrogen-bond donors (Lipinski definition) is 1. The van der Waals surface area contributed by atoms with Crippen molar-refractivity contribution < 1.29 is 4.79 Å². The Morgan fingerprint density at radius 3 is 2.57 bits per heavy atom. The molecule has 0 aliphatic carbocycles. The molecule has 6 nitrogen and oxygen atoms in total. The SMILES string of the molecule is CCC(CSC)NC(=O)N1CCN(c2ncccn2)CC1. The molecule has 1 N–H and O–H groups in total. The summed E-state index contributed by atoms with van der Waals surface area (Å²) in [6.07, 6.45) is 6.52. The molecular weight excluding hydrogens is 286 g/mol. The van der Waals surface area contributed by atoms with E-state index < -0.39 is 0 Å². The fourth-order valence-electron chi connectivity index (χ4n) is 2.29. The quantitative estimate of drug-likeness (QED) is 0.892. The number of piperazine rings is 1. The van der Waals surface area contributed by atoms with Crippen LogP contribution in [0.2, 0.25) is 0 Å². The highest BCUT2D eigenvalue weighted by molar-refractivity contribution is 7.98. The minimum absolute atomic E-state index is 0.0459. The van der Waals surface area contributed by atoms with E-state index in [9.17, 15) is 4.79 Å². The largest absolute Gasteiger partial charge is 0.337 e. The Kier molecular flexibility index (Phi) is 6.10. The second kappa shape index (κ2) is 8.07. The molecule has 2 amide bonds. The third-order valence-electron chi connectivity index (χ3n) is 3.59. The predicted molar refractivity (Wildman–Crippen MR) is 86.8 cm³/mol. The number of carbonyl (C=O) groups is 1. The molecule has 1 fully saturated rings. The Labute approximate surface area is 130 Å². The van der Waals surface area contributed by atoms with Crippen LogP contribution >= 0.6 is 11.8 Å². The van der Waals surface area contributed by atoms with Crippen molar-refractivity contribution in [2.45, 2.75) is 19.4 Å². The van der Waals surface area contributed by atoms with Crippen molar-refractivity contribution in [3.8, 4) is 0 Å². The molecule has 1 unspecified atom stereocenters. The number of urea groups is 1. The second-order valence-electron chi connectivity index (χ2n) is 5.03. The summed E-state index contributed by atoms with van der Waals surface area (Å²) >= 11 is 1.76. The Morgan fingerprint density at radius 1 is 1.33 bits per heavy atom. The van der Waals surface area contributed by atoms with Gasteiger partial charge >= 0.3 is 6.03 Å². The Hall–Kier alpha value is -1.50. The molecule has 0 spiro atoms. The van der Waals surface area contributed by atoms with Crippen LogP contribution in [-0.2, 0) is 0 Å². The normalized spacial score (nSPS) is 16.7. The van der Waals surface area contributed by atoms with Gasteiger partial charge in [-0.25, -0.2) is 14.8 Å². The molecule has 21 heavy (non-hydrogen) atoms. The third-order valence-corrected chi connectivity index (χ3v) is 4.33. The number of carbonyl (C=O) groups excluding carboxylic acids is 1. The van der Waals surface area contributed by atoms with Crippen LogP contribution in [0.1, 0.15) is 13.3 Å². The van der Waals surface area contributed by atoms with Crippen LogP contribution in [0.5, 0.6) is 0 Å². The van der Waals surface area contributed by atoms with Gasteiger partial charge in [-0.15, -0.1) is 0 Å². The van der Waals surface area contributed by atoms with Crippen LogP contribution in [0.15, 0.2) is 18.5 Å². The van der Waals surface area contributed by atoms with Crippen LogP contribution in [0, 0.1) is 0 Å². The van der Waals surface area contributed by atoms with Gasteiger partial charge in [-0.05, 0) is 18.7 Å². The smallest absolute Gasteiger partial charge is 0.317 e. The van der Waals surface area contributed by atoms with Gasteiger partial charge in [0.2, 0.25) is 5.95 Å². The number of anilines is 1. The topological polar surface area (TPSA) is 61.4 Å². The lowest BCUT2D eigenvalue weighted by atomic mass is 10.2. The van der Waals surface area contributed by atoms with Gasteiger partial charge in [0, 0.05) is 50.4 Å². The average Bonchev–Trinajstić information content (AvgIpc) is 2.55. The number of nitrogens with zero attached hydrogens (tertiary/aromatic N) is 4. The van der Waals surface area contributed by atoms with Crippen LogP contribution in [0.25, 0.3) is 0 Å². The van der Waals surface area contributed by atoms with Gasteiger partial charge in [0.25, 0.3) is 0 Å². The highest BCUT2D eigenvalue weighted by Gasteiger charge is 2.23. The molecule has 1 aromatic rings. The lowest BCUT2D eigenvalue weighted by Crippen LogP contribution is -2.54. The number of nitrogens with one attached hydrogen (secondary N) is 1. The molecule has 2 heterocycles. The van der Waals surface area contributed by atoms with E-state index in [1.54, 1.807) is 24.2 Å². The molecule has 116 valence electrons. The Balaban J connectivity index is 1.82. The molecule has 1 aromatic heterocycles. The van der Waals surface area contributed by atoms with Crippen molar-refractivity contribution in [1.29, 1.82) is 0 Å². The lowest BCUT2D eigenvalue weighted by Gasteiger charge is -2.35. The van der Waals surface area contributed by atoms with E-state index in [4.69, 9.17) is 0 Å². The summed E-state index contributed by atoms with van der Waals surface area (Å²) in [6.45, 7) is 5.07. The minimum Gasteiger partial charge on any atom is -0.337 e. The van der Waals surface area contributed by atoms with Gasteiger partial charge < -0.3 is 15.1 Å². The van der Waals surface area contributed by atoms with Gasteiger partial charge in [0.15, 0.2) is 0 Å². The average molecular weight is 309 g/mol. The molecule has 7 heteroatoms. The summed E-state index contributed by atoms with van der Waals surface area (Å²) in [5.41, 5.74) is 0. The first-order chi connectivity index (χ1) is 10.2. The highest BCUT2D eigenvalue weighted by Crippen LogP contribution is 2.10. The van der Waals surface area contributed by atoms with Gasteiger partial charge in [0.1, 0.15) is 0 Å². The maximum Gasteiger partial charge on any atom is 0.317 e. The molecule has 1 aliphatic rings. The van der Waals surface area contributed by atoms with Crippen molar-refractivity contribution in [2.24, 2.45) is 0 Å². The molecule has 0 saturated carbocycles.